The summed E-state index contributed by atoms with van der Waals surface area (Å²) in [4.78, 5) is 11.7. The number of rotatable bonds is 54. The maximum Gasteiger partial charge on any atom is 0.320 e. The van der Waals surface area contributed by atoms with Gasteiger partial charge in [0.1, 0.15) is 12.7 Å². The molecule has 0 aliphatic heterocycles. The van der Waals surface area contributed by atoms with E-state index in [0.29, 0.717) is 66.1 Å². The molecule has 0 fully saturated rings. The first-order valence-corrected chi connectivity index (χ1v) is 26.3. The van der Waals surface area contributed by atoms with Crippen molar-refractivity contribution in [1.29, 1.82) is 0 Å². The fourth-order valence-electron chi connectivity index (χ4n) is 7.12. The highest BCUT2D eigenvalue weighted by Gasteiger charge is 2.11. The maximum atomic E-state index is 11.7. The monoisotopic (exact) mass is 898 g/mol. The van der Waals surface area contributed by atoms with Gasteiger partial charge in [-0.25, -0.2) is 0 Å². The molecule has 2 unspecified atom stereocenters. The van der Waals surface area contributed by atoms with Gasteiger partial charge in [0.05, 0.1) is 72.6 Å². The summed E-state index contributed by atoms with van der Waals surface area (Å²) < 4.78 is 45.3. The molecule has 0 saturated heterocycles. The van der Waals surface area contributed by atoms with E-state index in [1.54, 1.807) is 7.11 Å². The van der Waals surface area contributed by atoms with Crippen molar-refractivity contribution >= 4 is 5.97 Å². The Balaban J connectivity index is 4.07. The minimum Gasteiger partial charge on any atom is -0.462 e. The highest BCUT2D eigenvalue weighted by atomic mass is 16.6. The lowest BCUT2D eigenvalue weighted by Gasteiger charge is -2.18. The second-order valence-electron chi connectivity index (χ2n) is 17.3. The van der Waals surface area contributed by atoms with Crippen LogP contribution in [0.25, 0.3) is 0 Å². The number of allylic oxidation sites excluding steroid dienone is 4. The molecule has 0 rings (SSSR count). The van der Waals surface area contributed by atoms with Crippen molar-refractivity contribution in [3.63, 3.8) is 0 Å². The van der Waals surface area contributed by atoms with Crippen LogP contribution in [0.5, 0.6) is 0 Å². The van der Waals surface area contributed by atoms with Crippen molar-refractivity contribution < 1.29 is 42.7 Å². The van der Waals surface area contributed by atoms with E-state index >= 15 is 0 Å². The number of esters is 1. The molecule has 0 heterocycles. The Morgan fingerprint density at radius 1 is 0.429 bits per heavy atom. The van der Waals surface area contributed by atoms with Crippen LogP contribution in [0.15, 0.2) is 24.3 Å². The molecule has 0 aromatic rings. The van der Waals surface area contributed by atoms with E-state index in [9.17, 15) is 4.79 Å². The summed E-state index contributed by atoms with van der Waals surface area (Å²) in [6.45, 7) is 13.2. The van der Waals surface area contributed by atoms with Crippen molar-refractivity contribution in [2.45, 2.75) is 213 Å². The van der Waals surface area contributed by atoms with Crippen molar-refractivity contribution in [1.82, 2.24) is 5.32 Å². The van der Waals surface area contributed by atoms with Crippen LogP contribution in [-0.4, -0.2) is 118 Å². The molecule has 0 radical (unpaired) electrons. The van der Waals surface area contributed by atoms with Gasteiger partial charge in [-0.05, 0) is 71.1 Å². The van der Waals surface area contributed by atoms with E-state index in [4.69, 9.17) is 37.9 Å². The first-order valence-electron chi connectivity index (χ1n) is 26.3. The Kier molecular flexibility index (Phi) is 53.8. The molecule has 0 saturated carbocycles. The summed E-state index contributed by atoms with van der Waals surface area (Å²) in [6, 6.07) is 0.0911. The van der Waals surface area contributed by atoms with Gasteiger partial charge in [-0.15, -0.1) is 0 Å². The predicted octanol–water partition coefficient (Wildman–Crippen LogP) is 12.7. The van der Waals surface area contributed by atoms with Gasteiger partial charge in [0.25, 0.3) is 0 Å². The minimum absolute atomic E-state index is 0.0599. The van der Waals surface area contributed by atoms with Crippen molar-refractivity contribution in [3.05, 3.63) is 24.3 Å². The van der Waals surface area contributed by atoms with Crippen LogP contribution in [0.4, 0.5) is 0 Å². The van der Waals surface area contributed by atoms with Crippen molar-refractivity contribution in [3.8, 4) is 0 Å². The Hall–Kier alpha value is -1.37. The fraction of sp³-hybridized carbons (Fsp3) is 0.906. The molecule has 10 heteroatoms. The van der Waals surface area contributed by atoms with E-state index in [1.807, 2.05) is 6.92 Å². The predicted molar refractivity (Wildman–Crippen MR) is 263 cm³/mol. The molecule has 2 atom stereocenters. The Morgan fingerprint density at radius 2 is 0.794 bits per heavy atom. The van der Waals surface area contributed by atoms with Crippen LogP contribution in [0.2, 0.25) is 0 Å². The molecule has 0 aromatic heterocycles. The number of unbranched alkanes of at least 4 members (excludes halogenated alkanes) is 24. The Morgan fingerprint density at radius 3 is 1.24 bits per heavy atom. The summed E-state index contributed by atoms with van der Waals surface area (Å²) >= 11 is 0. The third kappa shape index (κ3) is 53.1. The zero-order valence-corrected chi connectivity index (χ0v) is 41.8. The van der Waals surface area contributed by atoms with E-state index in [0.717, 1.165) is 26.1 Å². The standard InChI is InChI=1S/C53H103NO9/c1-5-7-9-11-13-15-17-19-21-23-25-27-29-31-33-35-37-60-49-52(62-38-36-34-32-30-28-26-24-22-20-18-16-14-12-10-8-6-2)50-61-44-43-58-40-39-57-41-42-59-45-46-63-53(55)47-54-51(3)48-56-4/h19-22,51-52,54H,5-18,23-50H2,1-4H3/b21-19-,22-20-. The fourth-order valence-corrected chi connectivity index (χ4v) is 7.12. The molecule has 63 heavy (non-hydrogen) atoms. The third-order valence-electron chi connectivity index (χ3n) is 11.0. The summed E-state index contributed by atoms with van der Waals surface area (Å²) in [6.07, 6.45) is 46.1. The van der Waals surface area contributed by atoms with Crippen LogP contribution in [0.1, 0.15) is 201 Å². The van der Waals surface area contributed by atoms with Crippen LogP contribution < -0.4 is 5.32 Å². The van der Waals surface area contributed by atoms with Gasteiger partial charge in [0.2, 0.25) is 0 Å². The molecule has 10 nitrogen and oxygen atoms in total. The maximum absolute atomic E-state index is 11.7. The van der Waals surface area contributed by atoms with Crippen LogP contribution in [-0.2, 0) is 42.7 Å². The molecule has 0 aliphatic rings. The van der Waals surface area contributed by atoms with Gasteiger partial charge in [-0.3, -0.25) is 4.79 Å². The number of carbonyl (C=O) groups is 1. The summed E-state index contributed by atoms with van der Waals surface area (Å²) in [5, 5.41) is 3.04. The summed E-state index contributed by atoms with van der Waals surface area (Å²) in [5.74, 6) is -0.307. The number of carbonyl (C=O) groups excluding carboxylic acids is 1. The van der Waals surface area contributed by atoms with Gasteiger partial charge >= 0.3 is 5.97 Å². The first-order chi connectivity index (χ1) is 31.1. The lowest BCUT2D eigenvalue weighted by Crippen LogP contribution is -2.35. The third-order valence-corrected chi connectivity index (χ3v) is 11.0. The molecule has 0 bridgehead atoms. The minimum atomic E-state index is -0.307. The average molecular weight is 898 g/mol. The molecule has 374 valence electrons. The smallest absolute Gasteiger partial charge is 0.320 e. The quantitative estimate of drug-likeness (QED) is 0.0361. The lowest BCUT2D eigenvalue weighted by molar-refractivity contribution is -0.144. The zero-order valence-electron chi connectivity index (χ0n) is 41.8. The number of hydrogen-bond donors (Lipinski definition) is 1. The van der Waals surface area contributed by atoms with E-state index < -0.39 is 0 Å². The first kappa shape index (κ1) is 61.6. The number of nitrogens with one attached hydrogen (secondary N) is 1. The van der Waals surface area contributed by atoms with Gasteiger partial charge in [-0.1, -0.05) is 154 Å². The van der Waals surface area contributed by atoms with Crippen LogP contribution in [0, 0.1) is 0 Å². The highest BCUT2D eigenvalue weighted by Crippen LogP contribution is 2.12. The molecular formula is C53H103NO9. The molecule has 0 spiro atoms. The molecule has 0 amide bonds. The SMILES string of the molecule is CCCCCCCC/C=C\CCCCCCCCOCC(COCCOCCOCCOCCOC(=O)CNC(C)COC)OCCCCCCCC/C=C\CCCCCCCC. The Labute approximate surface area is 389 Å². The molecular weight excluding hydrogens is 795 g/mol. The number of ether oxygens (including phenoxy) is 8. The highest BCUT2D eigenvalue weighted by molar-refractivity contribution is 5.71. The summed E-state index contributed by atoms with van der Waals surface area (Å²) in [5.41, 5.74) is 0. The second kappa shape index (κ2) is 55.0. The molecule has 0 aromatic carbocycles. The normalized spacial score (nSPS) is 12.9. The van der Waals surface area contributed by atoms with Gasteiger partial charge < -0.3 is 43.2 Å². The van der Waals surface area contributed by atoms with Crippen LogP contribution in [0.3, 0.4) is 0 Å². The van der Waals surface area contributed by atoms with Gasteiger partial charge in [-0.2, -0.15) is 0 Å². The van der Waals surface area contributed by atoms with Crippen LogP contribution >= 0.6 is 0 Å². The number of hydrogen-bond acceptors (Lipinski definition) is 10. The van der Waals surface area contributed by atoms with Gasteiger partial charge in [0, 0.05) is 26.4 Å². The Bertz CT molecular complexity index is 936. The van der Waals surface area contributed by atoms with Crippen molar-refractivity contribution in [2.75, 3.05) is 99.5 Å². The van der Waals surface area contributed by atoms with E-state index in [1.165, 1.54) is 167 Å². The summed E-state index contributed by atoms with van der Waals surface area (Å²) in [7, 11) is 1.63. The molecule has 1 N–H and O–H groups in total. The molecule has 0 aliphatic carbocycles. The second-order valence-corrected chi connectivity index (χ2v) is 17.3. The van der Waals surface area contributed by atoms with E-state index in [-0.39, 0.29) is 31.3 Å². The topological polar surface area (TPSA) is 103 Å². The van der Waals surface area contributed by atoms with E-state index in [2.05, 4.69) is 43.5 Å². The average Bonchev–Trinajstić information content (AvgIpc) is 3.28. The van der Waals surface area contributed by atoms with Gasteiger partial charge in [0.15, 0.2) is 0 Å². The number of methoxy groups -OCH3 is 1. The van der Waals surface area contributed by atoms with Crippen molar-refractivity contribution in [2.24, 2.45) is 0 Å². The lowest BCUT2D eigenvalue weighted by atomic mass is 10.1. The largest absolute Gasteiger partial charge is 0.462 e. The zero-order chi connectivity index (χ0) is 45.6.